The maximum Gasteiger partial charge on any atom is 0.241 e. The van der Waals surface area contributed by atoms with Gasteiger partial charge < -0.3 is 9.64 Å². The highest BCUT2D eigenvalue weighted by Crippen LogP contribution is 2.28. The van der Waals surface area contributed by atoms with Crippen LogP contribution in [-0.4, -0.2) is 46.6 Å². The predicted molar refractivity (Wildman–Crippen MR) is 83.1 cm³/mol. The molecule has 2 atom stereocenters. The largest absolute Gasteiger partial charge is 0.494 e. The molecular formula is C15H23FN2O3S. The van der Waals surface area contributed by atoms with Crippen LogP contribution in [0, 0.1) is 12.7 Å². The van der Waals surface area contributed by atoms with E-state index in [4.69, 9.17) is 4.74 Å². The Morgan fingerprint density at radius 2 is 2.00 bits per heavy atom. The van der Waals surface area contributed by atoms with Gasteiger partial charge in [-0.1, -0.05) is 0 Å². The van der Waals surface area contributed by atoms with E-state index in [0.29, 0.717) is 6.04 Å². The predicted octanol–water partition coefficient (Wildman–Crippen LogP) is 1.90. The highest BCUT2D eigenvalue weighted by molar-refractivity contribution is 7.89. The fraction of sp³-hybridized carbons (Fsp3) is 0.600. The molecular weight excluding hydrogens is 307 g/mol. The molecule has 22 heavy (non-hydrogen) atoms. The van der Waals surface area contributed by atoms with E-state index in [1.54, 1.807) is 0 Å². The average molecular weight is 330 g/mol. The second kappa shape index (κ2) is 6.52. The van der Waals surface area contributed by atoms with Crippen LogP contribution in [0.1, 0.15) is 24.8 Å². The van der Waals surface area contributed by atoms with Crippen molar-refractivity contribution in [3.05, 3.63) is 23.5 Å². The topological polar surface area (TPSA) is 58.6 Å². The third-order valence-electron chi connectivity index (χ3n) is 4.27. The highest BCUT2D eigenvalue weighted by atomic mass is 32.2. The molecule has 1 aromatic rings. The Balaban J connectivity index is 2.20. The molecule has 1 fully saturated rings. The molecule has 0 heterocycles. The summed E-state index contributed by atoms with van der Waals surface area (Å²) >= 11 is 0. The lowest BCUT2D eigenvalue weighted by molar-refractivity contribution is 0.295. The van der Waals surface area contributed by atoms with Gasteiger partial charge in [0.2, 0.25) is 10.0 Å². The van der Waals surface area contributed by atoms with E-state index in [9.17, 15) is 12.8 Å². The third-order valence-corrected chi connectivity index (χ3v) is 5.93. The van der Waals surface area contributed by atoms with Crippen molar-refractivity contribution in [2.24, 2.45) is 0 Å². The van der Waals surface area contributed by atoms with E-state index < -0.39 is 15.8 Å². The number of ether oxygens (including phenoxy) is 1. The van der Waals surface area contributed by atoms with Crippen molar-refractivity contribution in [2.75, 3.05) is 21.2 Å². The van der Waals surface area contributed by atoms with Crippen molar-refractivity contribution in [1.82, 2.24) is 9.62 Å². The second-order valence-electron chi connectivity index (χ2n) is 5.95. The summed E-state index contributed by atoms with van der Waals surface area (Å²) in [5.74, 6) is -0.590. The van der Waals surface area contributed by atoms with Crippen LogP contribution in [-0.2, 0) is 10.0 Å². The van der Waals surface area contributed by atoms with Crippen molar-refractivity contribution in [1.29, 1.82) is 0 Å². The van der Waals surface area contributed by atoms with E-state index >= 15 is 0 Å². The zero-order valence-electron chi connectivity index (χ0n) is 13.4. The van der Waals surface area contributed by atoms with Gasteiger partial charge in [0.15, 0.2) is 11.6 Å². The Morgan fingerprint density at radius 1 is 1.32 bits per heavy atom. The quantitative estimate of drug-likeness (QED) is 0.896. The van der Waals surface area contributed by atoms with E-state index in [0.717, 1.165) is 19.3 Å². The van der Waals surface area contributed by atoms with Gasteiger partial charge in [-0.05, 0) is 52.4 Å². The first kappa shape index (κ1) is 17.2. The van der Waals surface area contributed by atoms with Crippen LogP contribution in [0.4, 0.5) is 4.39 Å². The molecule has 0 unspecified atom stereocenters. The fourth-order valence-corrected chi connectivity index (χ4v) is 4.43. The lowest BCUT2D eigenvalue weighted by Gasteiger charge is -2.19. The van der Waals surface area contributed by atoms with Crippen molar-refractivity contribution in [3.8, 4) is 5.75 Å². The van der Waals surface area contributed by atoms with Crippen LogP contribution in [0.3, 0.4) is 0 Å². The molecule has 0 radical (unpaired) electrons. The van der Waals surface area contributed by atoms with Gasteiger partial charge in [0.25, 0.3) is 0 Å². The van der Waals surface area contributed by atoms with Gasteiger partial charge in [0.1, 0.15) is 0 Å². The average Bonchev–Trinajstić information content (AvgIpc) is 2.89. The first-order valence-electron chi connectivity index (χ1n) is 7.28. The second-order valence-corrected chi connectivity index (χ2v) is 7.64. The Labute approximate surface area is 131 Å². The first-order valence-corrected chi connectivity index (χ1v) is 8.76. The molecule has 0 aromatic heterocycles. The summed E-state index contributed by atoms with van der Waals surface area (Å²) in [4.78, 5) is 2.08. The molecule has 7 heteroatoms. The van der Waals surface area contributed by atoms with Gasteiger partial charge in [-0.3, -0.25) is 0 Å². The molecule has 0 bridgehead atoms. The fourth-order valence-electron chi connectivity index (χ4n) is 2.91. The number of sulfonamides is 1. The third kappa shape index (κ3) is 3.42. The maximum absolute atomic E-state index is 14.1. The molecule has 1 aliphatic carbocycles. The van der Waals surface area contributed by atoms with Gasteiger partial charge in [0.05, 0.1) is 12.0 Å². The van der Waals surface area contributed by atoms with Crippen LogP contribution < -0.4 is 9.46 Å². The van der Waals surface area contributed by atoms with E-state index in [1.165, 1.54) is 26.2 Å². The highest BCUT2D eigenvalue weighted by Gasteiger charge is 2.31. The SMILES string of the molecule is COc1ccc(S(=O)(=O)N[C@@H]2CC[C@@H](N(C)C)C2)c(C)c1F. The Morgan fingerprint density at radius 3 is 2.55 bits per heavy atom. The summed E-state index contributed by atoms with van der Waals surface area (Å²) in [7, 11) is 1.60. The maximum atomic E-state index is 14.1. The summed E-state index contributed by atoms with van der Waals surface area (Å²) in [6.07, 6.45) is 2.51. The summed E-state index contributed by atoms with van der Waals surface area (Å²) in [6.45, 7) is 1.45. The Hall–Kier alpha value is -1.18. The van der Waals surface area contributed by atoms with Gasteiger partial charge in [0, 0.05) is 17.6 Å². The number of halogens is 1. The molecule has 0 amide bonds. The van der Waals surface area contributed by atoms with Crippen molar-refractivity contribution >= 4 is 10.0 Å². The normalized spacial score (nSPS) is 22.3. The van der Waals surface area contributed by atoms with Gasteiger partial charge >= 0.3 is 0 Å². The minimum Gasteiger partial charge on any atom is -0.494 e. The molecule has 5 nitrogen and oxygen atoms in total. The number of benzene rings is 1. The minimum absolute atomic E-state index is 0.0286. The number of methoxy groups -OCH3 is 1. The van der Waals surface area contributed by atoms with Crippen LogP contribution >= 0.6 is 0 Å². The molecule has 124 valence electrons. The summed E-state index contributed by atoms with van der Waals surface area (Å²) in [5.41, 5.74) is 0.0778. The number of nitrogens with one attached hydrogen (secondary N) is 1. The van der Waals surface area contributed by atoms with Crippen LogP contribution in [0.25, 0.3) is 0 Å². The van der Waals surface area contributed by atoms with Crippen LogP contribution in [0.15, 0.2) is 17.0 Å². The van der Waals surface area contributed by atoms with Gasteiger partial charge in [-0.2, -0.15) is 0 Å². The molecule has 1 aliphatic rings. The standard InChI is InChI=1S/C15H23FN2O3S/c1-10-14(8-7-13(21-4)15(10)16)22(19,20)17-11-5-6-12(9-11)18(2)3/h7-8,11-12,17H,5-6,9H2,1-4H3/t11-,12-/m1/s1. The van der Waals surface area contributed by atoms with Crippen LogP contribution in [0.2, 0.25) is 0 Å². The molecule has 2 rings (SSSR count). The number of hydrogen-bond acceptors (Lipinski definition) is 4. The molecule has 0 spiro atoms. The molecule has 1 N–H and O–H groups in total. The molecule has 1 saturated carbocycles. The lowest BCUT2D eigenvalue weighted by Crippen LogP contribution is -2.35. The van der Waals surface area contributed by atoms with Gasteiger partial charge in [-0.25, -0.2) is 17.5 Å². The van der Waals surface area contributed by atoms with Crippen molar-refractivity contribution in [2.45, 2.75) is 43.2 Å². The Bertz CT molecular complexity index is 646. The summed E-state index contributed by atoms with van der Waals surface area (Å²) in [5, 5.41) is 0. The van der Waals surface area contributed by atoms with Crippen molar-refractivity contribution in [3.63, 3.8) is 0 Å². The molecule has 1 aromatic carbocycles. The number of rotatable bonds is 5. The van der Waals surface area contributed by atoms with Crippen LogP contribution in [0.5, 0.6) is 5.75 Å². The lowest BCUT2D eigenvalue weighted by atomic mass is 10.2. The monoisotopic (exact) mass is 330 g/mol. The number of nitrogens with zero attached hydrogens (tertiary/aromatic N) is 1. The molecule has 0 saturated heterocycles. The minimum atomic E-state index is -3.74. The zero-order valence-corrected chi connectivity index (χ0v) is 14.2. The summed E-state index contributed by atoms with van der Waals surface area (Å²) < 4.78 is 46.6. The van der Waals surface area contributed by atoms with Gasteiger partial charge in [-0.15, -0.1) is 0 Å². The van der Waals surface area contributed by atoms with E-state index in [-0.39, 0.29) is 22.3 Å². The zero-order chi connectivity index (χ0) is 16.5. The molecule has 0 aliphatic heterocycles. The summed E-state index contributed by atoms with van der Waals surface area (Å²) in [6, 6.07) is 3.00. The smallest absolute Gasteiger partial charge is 0.241 e. The first-order chi connectivity index (χ1) is 10.3. The van der Waals surface area contributed by atoms with Crippen molar-refractivity contribution < 1.29 is 17.5 Å². The van der Waals surface area contributed by atoms with E-state index in [1.807, 2.05) is 14.1 Å². The van der Waals surface area contributed by atoms with E-state index in [2.05, 4.69) is 9.62 Å². The Kier molecular flexibility index (Phi) is 5.09. The number of hydrogen-bond donors (Lipinski definition) is 1.